The van der Waals surface area contributed by atoms with Gasteiger partial charge < -0.3 is 4.74 Å². The molecule has 0 unspecified atom stereocenters. The first-order valence-electron chi connectivity index (χ1n) is 2.50. The lowest BCUT2D eigenvalue weighted by Gasteiger charge is -1.94. The van der Waals surface area contributed by atoms with Crippen LogP contribution in [0, 0.1) is 6.58 Å². The van der Waals surface area contributed by atoms with E-state index >= 15 is 0 Å². The van der Waals surface area contributed by atoms with E-state index < -0.39 is 0 Å². The van der Waals surface area contributed by atoms with E-state index in [9.17, 15) is 4.79 Å². The molecule has 0 amide bonds. The van der Waals surface area contributed by atoms with Crippen LogP contribution in [0.2, 0.25) is 0 Å². The van der Waals surface area contributed by atoms with Gasteiger partial charge in [0.1, 0.15) is 0 Å². The van der Waals surface area contributed by atoms with E-state index in [2.05, 4.69) is 4.74 Å². The van der Waals surface area contributed by atoms with Gasteiger partial charge in [-0.2, -0.15) is 0 Å². The lowest BCUT2D eigenvalue weighted by atomic mass is 10.4. The van der Waals surface area contributed by atoms with Crippen LogP contribution in [0.3, 0.4) is 0 Å². The molecule has 2 nitrogen and oxygen atoms in total. The van der Waals surface area contributed by atoms with Crippen LogP contribution in [0.15, 0.2) is 6.08 Å². The second kappa shape index (κ2) is 4.37. The van der Waals surface area contributed by atoms with Gasteiger partial charge in [0, 0.05) is 0 Å². The Bertz CT molecular complexity index is 86.5. The quantitative estimate of drug-likeness (QED) is 0.509. The Morgan fingerprint density at radius 1 is 1.88 bits per heavy atom. The lowest BCUT2D eigenvalue weighted by Crippen LogP contribution is -2.00. The molecule has 0 bridgehead atoms. The van der Waals surface area contributed by atoms with Crippen molar-refractivity contribution in [3.05, 3.63) is 12.7 Å². The van der Waals surface area contributed by atoms with Crippen molar-refractivity contribution in [3.8, 4) is 0 Å². The molecule has 0 aromatic carbocycles. The summed E-state index contributed by atoms with van der Waals surface area (Å²) in [5, 5.41) is 0. The monoisotopic (exact) mass is 113 g/mol. The van der Waals surface area contributed by atoms with Crippen molar-refractivity contribution in [3.63, 3.8) is 0 Å². The molecular formula is C6H9O2. The number of esters is 1. The van der Waals surface area contributed by atoms with Gasteiger partial charge in [-0.05, 0) is 6.92 Å². The van der Waals surface area contributed by atoms with Crippen molar-refractivity contribution in [1.29, 1.82) is 0 Å². The zero-order valence-electron chi connectivity index (χ0n) is 4.89. The van der Waals surface area contributed by atoms with Crippen LogP contribution in [0.4, 0.5) is 0 Å². The summed E-state index contributed by atoms with van der Waals surface area (Å²) in [5.74, 6) is -0.269. The molecule has 0 rings (SSSR count). The minimum atomic E-state index is -0.269. The predicted molar refractivity (Wildman–Crippen MR) is 30.1 cm³/mol. The number of rotatable bonds is 3. The van der Waals surface area contributed by atoms with Gasteiger partial charge >= 0.3 is 5.97 Å². The van der Waals surface area contributed by atoms with Crippen LogP contribution in [0.1, 0.15) is 13.3 Å². The third-order valence-electron chi connectivity index (χ3n) is 0.590. The van der Waals surface area contributed by atoms with Gasteiger partial charge in [-0.3, -0.25) is 4.79 Å². The molecule has 0 heterocycles. The van der Waals surface area contributed by atoms with Gasteiger partial charge in [0.15, 0.2) is 0 Å². The fourth-order valence-electron chi connectivity index (χ4n) is 0.316. The Labute approximate surface area is 49.1 Å². The molecule has 0 aliphatic carbocycles. The van der Waals surface area contributed by atoms with Crippen LogP contribution < -0.4 is 0 Å². The standard InChI is InChI=1S/C6H9O2/c1-3-5-6(7)8-4-2/h1,3H,4-5H2,2H3. The Morgan fingerprint density at radius 3 is 2.88 bits per heavy atom. The number of hydrogen-bond donors (Lipinski definition) is 0. The molecule has 0 atom stereocenters. The summed E-state index contributed by atoms with van der Waals surface area (Å²) in [5.41, 5.74) is 0. The SMILES string of the molecule is [CH]=CCC(=O)OCC. The lowest BCUT2D eigenvalue weighted by molar-refractivity contribution is -0.142. The Morgan fingerprint density at radius 2 is 2.50 bits per heavy atom. The molecule has 0 aromatic rings. The van der Waals surface area contributed by atoms with E-state index in [0.717, 1.165) is 0 Å². The van der Waals surface area contributed by atoms with E-state index in [1.807, 2.05) is 0 Å². The Balaban J connectivity index is 3.18. The minimum absolute atomic E-state index is 0.202. The number of carbonyl (C=O) groups excluding carboxylic acids is 1. The second-order valence-electron chi connectivity index (χ2n) is 1.24. The summed E-state index contributed by atoms with van der Waals surface area (Å²) in [6, 6.07) is 0. The van der Waals surface area contributed by atoms with Crippen molar-refractivity contribution in [1.82, 2.24) is 0 Å². The number of ether oxygens (including phenoxy) is 1. The fourth-order valence-corrected chi connectivity index (χ4v) is 0.316. The smallest absolute Gasteiger partial charge is 0.309 e. The van der Waals surface area contributed by atoms with Crippen LogP contribution >= 0.6 is 0 Å². The van der Waals surface area contributed by atoms with E-state index in [1.54, 1.807) is 6.92 Å². The maximum Gasteiger partial charge on any atom is 0.309 e. The molecule has 2 heteroatoms. The first-order chi connectivity index (χ1) is 3.81. The molecule has 0 aliphatic heterocycles. The molecule has 0 spiro atoms. The predicted octanol–water partition coefficient (Wildman–Crippen LogP) is 0.929. The summed E-state index contributed by atoms with van der Waals surface area (Å²) in [4.78, 5) is 10.3. The van der Waals surface area contributed by atoms with Crippen molar-refractivity contribution in [2.24, 2.45) is 0 Å². The highest BCUT2D eigenvalue weighted by molar-refractivity contribution is 5.70. The van der Waals surface area contributed by atoms with Gasteiger partial charge in [-0.15, -0.1) is 0 Å². The third-order valence-corrected chi connectivity index (χ3v) is 0.590. The first-order valence-corrected chi connectivity index (χ1v) is 2.50. The third kappa shape index (κ3) is 3.40. The van der Waals surface area contributed by atoms with Crippen molar-refractivity contribution < 1.29 is 9.53 Å². The molecule has 0 aliphatic rings. The largest absolute Gasteiger partial charge is 0.466 e. The van der Waals surface area contributed by atoms with Crippen LogP contribution in [-0.2, 0) is 9.53 Å². The van der Waals surface area contributed by atoms with Gasteiger partial charge in [-0.1, -0.05) is 12.7 Å². The zero-order valence-corrected chi connectivity index (χ0v) is 4.89. The molecule has 0 N–H and O–H groups in total. The van der Waals surface area contributed by atoms with Gasteiger partial charge in [-0.25, -0.2) is 0 Å². The summed E-state index contributed by atoms with van der Waals surface area (Å²) in [6.07, 6.45) is 1.48. The first kappa shape index (κ1) is 7.21. The summed E-state index contributed by atoms with van der Waals surface area (Å²) in [6.45, 7) is 7.12. The highest BCUT2D eigenvalue weighted by Gasteiger charge is 1.93. The molecule has 45 valence electrons. The maximum absolute atomic E-state index is 10.3. The molecule has 0 fully saturated rings. The van der Waals surface area contributed by atoms with E-state index in [1.165, 1.54) is 6.08 Å². The highest BCUT2D eigenvalue weighted by atomic mass is 16.5. The molecule has 0 saturated heterocycles. The Hall–Kier alpha value is -0.790. The van der Waals surface area contributed by atoms with Crippen LogP contribution in [0.25, 0.3) is 0 Å². The summed E-state index contributed by atoms with van der Waals surface area (Å²) < 4.78 is 4.53. The van der Waals surface area contributed by atoms with Gasteiger partial charge in [0.2, 0.25) is 0 Å². The van der Waals surface area contributed by atoms with Gasteiger partial charge in [0.05, 0.1) is 13.0 Å². The summed E-state index contributed by atoms with van der Waals surface area (Å²) >= 11 is 0. The maximum atomic E-state index is 10.3. The molecule has 0 aromatic heterocycles. The normalized spacial score (nSPS) is 8.12. The van der Waals surface area contributed by atoms with Crippen LogP contribution in [0.5, 0.6) is 0 Å². The highest BCUT2D eigenvalue weighted by Crippen LogP contribution is 1.84. The number of hydrogen-bond acceptors (Lipinski definition) is 2. The van der Waals surface area contributed by atoms with E-state index in [4.69, 9.17) is 6.58 Å². The summed E-state index contributed by atoms with van der Waals surface area (Å²) in [7, 11) is 0. The van der Waals surface area contributed by atoms with Crippen molar-refractivity contribution >= 4 is 5.97 Å². The number of carbonyl (C=O) groups is 1. The molecule has 0 saturated carbocycles. The van der Waals surface area contributed by atoms with E-state index in [-0.39, 0.29) is 12.4 Å². The second-order valence-corrected chi connectivity index (χ2v) is 1.24. The van der Waals surface area contributed by atoms with E-state index in [0.29, 0.717) is 6.61 Å². The average Bonchev–Trinajstić information content (AvgIpc) is 1.68. The topological polar surface area (TPSA) is 26.3 Å². The molecule has 8 heavy (non-hydrogen) atoms. The van der Waals surface area contributed by atoms with Crippen LogP contribution in [-0.4, -0.2) is 12.6 Å². The molecular weight excluding hydrogens is 104 g/mol. The fraction of sp³-hybridized carbons (Fsp3) is 0.500. The minimum Gasteiger partial charge on any atom is -0.466 e. The Kier molecular flexibility index (Phi) is 3.94. The van der Waals surface area contributed by atoms with Crippen molar-refractivity contribution in [2.75, 3.05) is 6.61 Å². The van der Waals surface area contributed by atoms with Crippen molar-refractivity contribution in [2.45, 2.75) is 13.3 Å². The van der Waals surface area contributed by atoms with Gasteiger partial charge in [0.25, 0.3) is 0 Å². The average molecular weight is 113 g/mol. The zero-order chi connectivity index (χ0) is 6.41. The molecule has 1 radical (unpaired) electrons.